The van der Waals surface area contributed by atoms with E-state index in [4.69, 9.17) is 9.47 Å². The Morgan fingerprint density at radius 1 is 1.10 bits per heavy atom. The van der Waals surface area contributed by atoms with Crippen LogP contribution >= 0.6 is 0 Å². The maximum absolute atomic E-state index is 13.6. The lowest BCUT2D eigenvalue weighted by molar-refractivity contribution is -0.147. The highest BCUT2D eigenvalue weighted by molar-refractivity contribution is 7.89. The van der Waals surface area contributed by atoms with Crippen LogP contribution in [0.5, 0.6) is 0 Å². The molecule has 2 aromatic carbocycles. The third-order valence-electron chi connectivity index (χ3n) is 5.23. The van der Waals surface area contributed by atoms with Crippen LogP contribution in [0.25, 0.3) is 5.57 Å². The minimum atomic E-state index is -3.97. The van der Waals surface area contributed by atoms with Crippen LogP contribution in [0.3, 0.4) is 0 Å². The van der Waals surface area contributed by atoms with Crippen molar-refractivity contribution in [1.82, 2.24) is 4.31 Å². The van der Waals surface area contributed by atoms with Gasteiger partial charge in [0, 0.05) is 0 Å². The molecule has 0 aliphatic carbocycles. The van der Waals surface area contributed by atoms with E-state index in [1.807, 2.05) is 30.3 Å². The monoisotopic (exact) mass is 429 g/mol. The number of sulfonamides is 1. The average Bonchev–Trinajstić information content (AvgIpc) is 2.74. The van der Waals surface area contributed by atoms with Crippen molar-refractivity contribution in [1.29, 1.82) is 0 Å². The van der Waals surface area contributed by atoms with Crippen molar-refractivity contribution in [3.05, 3.63) is 72.3 Å². The molecule has 3 rings (SSSR count). The Morgan fingerprint density at radius 3 is 2.37 bits per heavy atom. The maximum Gasteiger partial charge on any atom is 0.324 e. The number of rotatable bonds is 7. The van der Waals surface area contributed by atoms with E-state index < -0.39 is 28.1 Å². The number of carbonyl (C=O) groups is 1. The Labute approximate surface area is 178 Å². The molecule has 2 atom stereocenters. The second kappa shape index (κ2) is 9.12. The van der Waals surface area contributed by atoms with E-state index in [1.54, 1.807) is 38.1 Å². The summed E-state index contributed by atoms with van der Waals surface area (Å²) in [4.78, 5) is 12.7. The van der Waals surface area contributed by atoms with Crippen LogP contribution < -0.4 is 0 Å². The predicted molar refractivity (Wildman–Crippen MR) is 115 cm³/mol. The Morgan fingerprint density at radius 2 is 1.73 bits per heavy atom. The van der Waals surface area contributed by atoms with E-state index in [0.29, 0.717) is 17.7 Å². The summed E-state index contributed by atoms with van der Waals surface area (Å²) in [7, 11) is -2.71. The average molecular weight is 430 g/mol. The predicted octanol–water partition coefficient (Wildman–Crippen LogP) is 3.49. The zero-order chi connectivity index (χ0) is 21.9. The molecule has 6 nitrogen and oxygen atoms in total. The van der Waals surface area contributed by atoms with Gasteiger partial charge in [0.05, 0.1) is 31.3 Å². The molecule has 0 N–H and O–H groups in total. The molecule has 160 valence electrons. The number of nitrogens with zero attached hydrogens (tertiary/aromatic N) is 1. The SMILES string of the molecule is C=C1c2ccccc2S(=O)(=O)N([C@H](C(=O)OC)C(C)C)[C@H]1COCc1ccccc1. The first kappa shape index (κ1) is 22.2. The summed E-state index contributed by atoms with van der Waals surface area (Å²) >= 11 is 0. The second-order valence-electron chi connectivity index (χ2n) is 7.58. The van der Waals surface area contributed by atoms with E-state index in [9.17, 15) is 13.2 Å². The van der Waals surface area contributed by atoms with Crippen molar-refractivity contribution < 1.29 is 22.7 Å². The minimum Gasteiger partial charge on any atom is -0.468 e. The molecular formula is C23H27NO5S. The van der Waals surface area contributed by atoms with Crippen molar-refractivity contribution in [2.24, 2.45) is 5.92 Å². The van der Waals surface area contributed by atoms with Gasteiger partial charge in [0.25, 0.3) is 0 Å². The zero-order valence-electron chi connectivity index (χ0n) is 17.4. The first-order valence-corrected chi connectivity index (χ1v) is 11.2. The molecule has 0 unspecified atom stereocenters. The molecule has 30 heavy (non-hydrogen) atoms. The molecule has 1 heterocycles. The van der Waals surface area contributed by atoms with Crippen LogP contribution in [-0.4, -0.2) is 44.5 Å². The fourth-order valence-corrected chi connectivity index (χ4v) is 5.85. The normalized spacial score (nSPS) is 19.3. The molecule has 0 radical (unpaired) electrons. The van der Waals surface area contributed by atoms with E-state index >= 15 is 0 Å². The lowest BCUT2D eigenvalue weighted by Gasteiger charge is -2.41. The van der Waals surface area contributed by atoms with Gasteiger partial charge < -0.3 is 9.47 Å². The van der Waals surface area contributed by atoms with Gasteiger partial charge in [0.2, 0.25) is 10.0 Å². The molecule has 0 spiro atoms. The molecule has 0 bridgehead atoms. The molecule has 0 saturated carbocycles. The summed E-state index contributed by atoms with van der Waals surface area (Å²) in [5.74, 6) is -0.907. The molecule has 2 aromatic rings. The van der Waals surface area contributed by atoms with Crippen LogP contribution in [0.1, 0.15) is 25.0 Å². The first-order chi connectivity index (χ1) is 14.3. The fourth-order valence-electron chi connectivity index (χ4n) is 3.74. The van der Waals surface area contributed by atoms with Gasteiger partial charge in [-0.3, -0.25) is 4.79 Å². The fraction of sp³-hybridized carbons (Fsp3) is 0.348. The van der Waals surface area contributed by atoms with Crippen molar-refractivity contribution in [3.63, 3.8) is 0 Å². The number of hydrogen-bond acceptors (Lipinski definition) is 5. The van der Waals surface area contributed by atoms with Gasteiger partial charge in [-0.2, -0.15) is 4.31 Å². The highest BCUT2D eigenvalue weighted by Gasteiger charge is 2.48. The van der Waals surface area contributed by atoms with Crippen molar-refractivity contribution in [2.75, 3.05) is 13.7 Å². The zero-order valence-corrected chi connectivity index (χ0v) is 18.3. The highest BCUT2D eigenvalue weighted by atomic mass is 32.2. The molecule has 0 amide bonds. The summed E-state index contributed by atoms with van der Waals surface area (Å²) in [6.45, 7) is 8.15. The number of hydrogen-bond donors (Lipinski definition) is 0. The summed E-state index contributed by atoms with van der Waals surface area (Å²) in [5, 5.41) is 0. The number of fused-ring (bicyclic) bond motifs is 1. The van der Waals surface area contributed by atoms with Crippen molar-refractivity contribution in [3.8, 4) is 0 Å². The van der Waals surface area contributed by atoms with Gasteiger partial charge in [-0.1, -0.05) is 69.0 Å². The van der Waals surface area contributed by atoms with Crippen LogP contribution in [0.2, 0.25) is 0 Å². The number of carbonyl (C=O) groups excluding carboxylic acids is 1. The third-order valence-corrected chi connectivity index (χ3v) is 7.18. The van der Waals surface area contributed by atoms with E-state index in [1.165, 1.54) is 11.4 Å². The van der Waals surface area contributed by atoms with Crippen molar-refractivity contribution >= 4 is 21.6 Å². The van der Waals surface area contributed by atoms with Crippen molar-refractivity contribution in [2.45, 2.75) is 37.4 Å². The van der Waals surface area contributed by atoms with Crippen LogP contribution in [0.15, 0.2) is 66.1 Å². The molecule has 0 saturated heterocycles. The second-order valence-corrected chi connectivity index (χ2v) is 9.40. The van der Waals surface area contributed by atoms with E-state index in [0.717, 1.165) is 5.56 Å². The number of methoxy groups -OCH3 is 1. The minimum absolute atomic E-state index is 0.0709. The highest BCUT2D eigenvalue weighted by Crippen LogP contribution is 2.39. The largest absolute Gasteiger partial charge is 0.468 e. The Kier molecular flexibility index (Phi) is 6.75. The number of benzene rings is 2. The topological polar surface area (TPSA) is 72.9 Å². The molecule has 1 aliphatic heterocycles. The van der Waals surface area contributed by atoms with E-state index in [-0.39, 0.29) is 17.4 Å². The summed E-state index contributed by atoms with van der Waals surface area (Å²) < 4.78 is 39.2. The Hall–Kier alpha value is -2.48. The van der Waals surface area contributed by atoms with Crippen LogP contribution in [0, 0.1) is 5.92 Å². The van der Waals surface area contributed by atoms with Crippen LogP contribution in [-0.2, 0) is 30.9 Å². The molecular weight excluding hydrogens is 402 g/mol. The van der Waals surface area contributed by atoms with Gasteiger partial charge in [-0.25, -0.2) is 8.42 Å². The van der Waals surface area contributed by atoms with Crippen LogP contribution in [0.4, 0.5) is 0 Å². The summed E-state index contributed by atoms with van der Waals surface area (Å²) in [6.07, 6.45) is 0. The Bertz CT molecular complexity index is 1020. The molecule has 1 aliphatic rings. The van der Waals surface area contributed by atoms with Gasteiger partial charge in [0.15, 0.2) is 0 Å². The first-order valence-electron chi connectivity index (χ1n) is 9.80. The molecule has 0 aromatic heterocycles. The summed E-state index contributed by atoms with van der Waals surface area (Å²) in [6, 6.07) is 14.6. The number of ether oxygens (including phenoxy) is 2. The van der Waals surface area contributed by atoms with Gasteiger partial charge in [-0.05, 0) is 28.7 Å². The number of esters is 1. The van der Waals surface area contributed by atoms with E-state index in [2.05, 4.69) is 6.58 Å². The van der Waals surface area contributed by atoms with Gasteiger partial charge in [-0.15, -0.1) is 0 Å². The lowest BCUT2D eigenvalue weighted by Crippen LogP contribution is -2.56. The Balaban J connectivity index is 2.01. The molecule has 0 fully saturated rings. The quantitative estimate of drug-likeness (QED) is 0.630. The molecule has 7 heteroatoms. The smallest absolute Gasteiger partial charge is 0.324 e. The maximum atomic E-state index is 13.6. The van der Waals surface area contributed by atoms with Gasteiger partial charge >= 0.3 is 5.97 Å². The lowest BCUT2D eigenvalue weighted by atomic mass is 9.96. The standard InChI is InChI=1S/C23H27NO5S/c1-16(2)22(23(25)28-4)24-20(15-29-14-18-10-6-5-7-11-18)17(3)19-12-8-9-13-21(19)30(24,26)27/h5-13,16,20,22H,3,14-15H2,1-2,4H3/t20-,22-/m0/s1. The van der Waals surface area contributed by atoms with Gasteiger partial charge in [0.1, 0.15) is 6.04 Å². The third kappa shape index (κ3) is 4.19. The summed E-state index contributed by atoms with van der Waals surface area (Å²) in [5.41, 5.74) is 2.12.